The highest BCUT2D eigenvalue weighted by Gasteiger charge is 2.49. The van der Waals surface area contributed by atoms with Gasteiger partial charge in [0.2, 0.25) is 0 Å². The molecule has 0 fully saturated rings. The third-order valence-electron chi connectivity index (χ3n) is 3.58. The molecule has 1 atom stereocenters. The fraction of sp³-hybridized carbons (Fsp3) is 0.250. The second kappa shape index (κ2) is 5.39. The number of fused-ring (bicyclic) bond motifs is 1. The SMILES string of the molecule is O[C@H]1c2c(F)ccc(SCc3ccccc3)c2CC1(F)F. The average molecular weight is 310 g/mol. The molecule has 0 bridgehead atoms. The fourth-order valence-electron chi connectivity index (χ4n) is 2.51. The summed E-state index contributed by atoms with van der Waals surface area (Å²) < 4.78 is 41.0. The largest absolute Gasteiger partial charge is 0.382 e. The van der Waals surface area contributed by atoms with E-state index in [0.29, 0.717) is 10.6 Å². The van der Waals surface area contributed by atoms with E-state index in [1.165, 1.54) is 17.8 Å². The maximum absolute atomic E-state index is 13.7. The van der Waals surface area contributed by atoms with Crippen molar-refractivity contribution in [1.82, 2.24) is 0 Å². The second-order valence-corrected chi connectivity index (χ2v) is 6.07. The Kier molecular flexibility index (Phi) is 3.71. The van der Waals surface area contributed by atoms with E-state index in [-0.39, 0.29) is 11.1 Å². The van der Waals surface area contributed by atoms with Crippen LogP contribution in [0.4, 0.5) is 13.2 Å². The van der Waals surface area contributed by atoms with Gasteiger partial charge in [0.15, 0.2) is 0 Å². The van der Waals surface area contributed by atoms with E-state index in [4.69, 9.17) is 0 Å². The average Bonchev–Trinajstić information content (AvgIpc) is 2.71. The van der Waals surface area contributed by atoms with Gasteiger partial charge in [-0.1, -0.05) is 30.3 Å². The highest BCUT2D eigenvalue weighted by Crippen LogP contribution is 2.47. The van der Waals surface area contributed by atoms with Gasteiger partial charge < -0.3 is 5.11 Å². The van der Waals surface area contributed by atoms with Crippen LogP contribution in [-0.4, -0.2) is 11.0 Å². The molecular formula is C16H13F3OS. The summed E-state index contributed by atoms with van der Waals surface area (Å²) in [4.78, 5) is 0.603. The first-order valence-corrected chi connectivity index (χ1v) is 7.51. The second-order valence-electron chi connectivity index (χ2n) is 5.05. The lowest BCUT2D eigenvalue weighted by Crippen LogP contribution is -2.21. The molecular weight excluding hydrogens is 297 g/mol. The summed E-state index contributed by atoms with van der Waals surface area (Å²) in [7, 11) is 0. The third kappa shape index (κ3) is 2.68. The van der Waals surface area contributed by atoms with Crippen molar-refractivity contribution in [2.24, 2.45) is 0 Å². The Labute approximate surface area is 124 Å². The molecule has 0 spiro atoms. The molecule has 3 rings (SSSR count). The molecule has 1 N–H and O–H groups in total. The van der Waals surface area contributed by atoms with Crippen LogP contribution in [0.3, 0.4) is 0 Å². The molecule has 1 aliphatic carbocycles. The van der Waals surface area contributed by atoms with Gasteiger partial charge in [-0.3, -0.25) is 0 Å². The first-order valence-electron chi connectivity index (χ1n) is 6.53. The van der Waals surface area contributed by atoms with Crippen LogP contribution < -0.4 is 0 Å². The van der Waals surface area contributed by atoms with Gasteiger partial charge in [-0.25, -0.2) is 13.2 Å². The Morgan fingerprint density at radius 3 is 2.57 bits per heavy atom. The summed E-state index contributed by atoms with van der Waals surface area (Å²) in [6.45, 7) is 0. The molecule has 0 radical (unpaired) electrons. The van der Waals surface area contributed by atoms with Gasteiger partial charge in [0.1, 0.15) is 11.9 Å². The number of aliphatic hydroxyl groups is 1. The quantitative estimate of drug-likeness (QED) is 0.851. The molecule has 0 saturated carbocycles. The molecule has 21 heavy (non-hydrogen) atoms. The molecule has 5 heteroatoms. The highest BCUT2D eigenvalue weighted by atomic mass is 32.2. The van der Waals surface area contributed by atoms with Crippen LogP contribution in [0.5, 0.6) is 0 Å². The molecule has 2 aromatic carbocycles. The number of benzene rings is 2. The number of thioether (sulfide) groups is 1. The van der Waals surface area contributed by atoms with Crippen molar-refractivity contribution in [3.8, 4) is 0 Å². The topological polar surface area (TPSA) is 20.2 Å². The van der Waals surface area contributed by atoms with Crippen LogP contribution >= 0.6 is 11.8 Å². The van der Waals surface area contributed by atoms with Gasteiger partial charge in [0.25, 0.3) is 5.92 Å². The number of alkyl halides is 2. The molecule has 0 saturated heterocycles. The molecule has 0 unspecified atom stereocenters. The highest BCUT2D eigenvalue weighted by molar-refractivity contribution is 7.98. The number of rotatable bonds is 3. The Balaban J connectivity index is 1.89. The minimum absolute atomic E-state index is 0.230. The predicted octanol–water partition coefficient (Wildman–Crippen LogP) is 4.34. The predicted molar refractivity (Wildman–Crippen MR) is 76.0 cm³/mol. The van der Waals surface area contributed by atoms with Gasteiger partial charge >= 0.3 is 0 Å². The molecule has 2 aromatic rings. The van der Waals surface area contributed by atoms with Crippen molar-refractivity contribution in [2.45, 2.75) is 29.1 Å². The normalized spacial score (nSPS) is 19.5. The Morgan fingerprint density at radius 1 is 1.14 bits per heavy atom. The van der Waals surface area contributed by atoms with E-state index < -0.39 is 24.3 Å². The zero-order valence-electron chi connectivity index (χ0n) is 11.0. The number of hydrogen-bond acceptors (Lipinski definition) is 2. The maximum atomic E-state index is 13.7. The Hall–Kier alpha value is -1.46. The van der Waals surface area contributed by atoms with E-state index >= 15 is 0 Å². The lowest BCUT2D eigenvalue weighted by atomic mass is 10.1. The minimum atomic E-state index is -3.30. The zero-order valence-corrected chi connectivity index (χ0v) is 11.8. The van der Waals surface area contributed by atoms with E-state index in [1.807, 2.05) is 30.3 Å². The molecule has 0 aliphatic heterocycles. The van der Waals surface area contributed by atoms with Crippen molar-refractivity contribution < 1.29 is 18.3 Å². The van der Waals surface area contributed by atoms with Crippen LogP contribution in [0.1, 0.15) is 22.8 Å². The van der Waals surface area contributed by atoms with E-state index in [1.54, 1.807) is 0 Å². The van der Waals surface area contributed by atoms with Crippen molar-refractivity contribution in [1.29, 1.82) is 0 Å². The van der Waals surface area contributed by atoms with Gasteiger partial charge in [-0.15, -0.1) is 11.8 Å². The summed E-state index contributed by atoms with van der Waals surface area (Å²) in [5.74, 6) is -3.45. The maximum Gasteiger partial charge on any atom is 0.281 e. The minimum Gasteiger partial charge on any atom is -0.382 e. The smallest absolute Gasteiger partial charge is 0.281 e. The molecule has 110 valence electrons. The first kappa shape index (κ1) is 14.5. The number of aliphatic hydroxyl groups excluding tert-OH is 1. The van der Waals surface area contributed by atoms with Crippen LogP contribution in [0.2, 0.25) is 0 Å². The summed E-state index contributed by atoms with van der Waals surface area (Å²) in [6, 6.07) is 12.3. The van der Waals surface area contributed by atoms with E-state index in [9.17, 15) is 18.3 Å². The van der Waals surface area contributed by atoms with E-state index in [2.05, 4.69) is 0 Å². The monoisotopic (exact) mass is 310 g/mol. The lowest BCUT2D eigenvalue weighted by molar-refractivity contribution is -0.0978. The molecule has 0 heterocycles. The van der Waals surface area contributed by atoms with Crippen LogP contribution in [0.15, 0.2) is 47.4 Å². The van der Waals surface area contributed by atoms with Crippen molar-refractivity contribution >= 4 is 11.8 Å². The summed E-state index contributed by atoms with van der Waals surface area (Å²) >= 11 is 1.38. The molecule has 1 aliphatic rings. The zero-order chi connectivity index (χ0) is 15.0. The number of hydrogen-bond donors (Lipinski definition) is 1. The van der Waals surface area contributed by atoms with Crippen LogP contribution in [-0.2, 0) is 12.2 Å². The Bertz CT molecular complexity index is 658. The first-order chi connectivity index (χ1) is 9.99. The summed E-state index contributed by atoms with van der Waals surface area (Å²) in [6.07, 6.45) is -2.66. The van der Waals surface area contributed by atoms with Gasteiger partial charge in [-0.05, 0) is 23.3 Å². The van der Waals surface area contributed by atoms with Crippen molar-refractivity contribution in [2.75, 3.05) is 0 Å². The van der Waals surface area contributed by atoms with Crippen molar-refractivity contribution in [3.63, 3.8) is 0 Å². The van der Waals surface area contributed by atoms with Gasteiger partial charge in [-0.2, -0.15) is 0 Å². The standard InChI is InChI=1S/C16H13F3OS/c17-12-6-7-13(21-9-10-4-2-1-3-5-10)11-8-16(18,19)15(20)14(11)12/h1-7,15,20H,8-9H2/t15-/m0/s1. The van der Waals surface area contributed by atoms with Gasteiger partial charge in [0, 0.05) is 22.6 Å². The van der Waals surface area contributed by atoms with E-state index in [0.717, 1.165) is 11.6 Å². The third-order valence-corrected chi connectivity index (χ3v) is 4.76. The molecule has 0 aromatic heterocycles. The van der Waals surface area contributed by atoms with Crippen LogP contribution in [0.25, 0.3) is 0 Å². The lowest BCUT2D eigenvalue weighted by Gasteiger charge is -2.13. The number of halogens is 3. The Morgan fingerprint density at radius 2 is 1.86 bits per heavy atom. The summed E-state index contributed by atoms with van der Waals surface area (Å²) in [5.41, 5.74) is 1.04. The fourth-order valence-corrected chi connectivity index (χ4v) is 3.54. The van der Waals surface area contributed by atoms with Crippen molar-refractivity contribution in [3.05, 3.63) is 65.0 Å². The summed E-state index contributed by atoms with van der Waals surface area (Å²) in [5, 5.41) is 9.60. The van der Waals surface area contributed by atoms with Gasteiger partial charge in [0.05, 0.1) is 0 Å². The molecule has 0 amide bonds. The van der Waals surface area contributed by atoms with Crippen LogP contribution in [0, 0.1) is 5.82 Å². The molecule has 1 nitrogen and oxygen atoms in total.